The number of nitrogens with zero attached hydrogens (tertiary/aromatic N) is 1. The van der Waals surface area contributed by atoms with Gasteiger partial charge in [-0.05, 0) is 60.9 Å². The summed E-state index contributed by atoms with van der Waals surface area (Å²) in [4.78, 5) is 21.9. The second-order valence-electron chi connectivity index (χ2n) is 10.0. The molecule has 37 heavy (non-hydrogen) atoms. The number of fused-ring (bicyclic) bond motifs is 1. The molecule has 0 spiro atoms. The zero-order valence-corrected chi connectivity index (χ0v) is 22.4. The number of pyridine rings is 1. The van der Waals surface area contributed by atoms with E-state index in [1.54, 1.807) is 30.6 Å². The van der Waals surface area contributed by atoms with Gasteiger partial charge in [0.2, 0.25) is 5.91 Å². The molecule has 5 rings (SSSR count). The number of benzene rings is 1. The molecule has 2 atom stereocenters. The van der Waals surface area contributed by atoms with E-state index in [9.17, 15) is 13.2 Å². The maximum Gasteiger partial charge on any atom is 0.251 e. The smallest absolute Gasteiger partial charge is 0.251 e. The number of hydrogen-bond acceptors (Lipinski definition) is 5. The first-order chi connectivity index (χ1) is 17.9. The average molecular weight is 537 g/mol. The fraction of sp³-hybridized carbons (Fsp3) is 0.357. The van der Waals surface area contributed by atoms with Crippen molar-refractivity contribution in [2.24, 2.45) is 5.92 Å². The largest absolute Gasteiger partial charge is 0.361 e. The third-order valence-electron chi connectivity index (χ3n) is 7.25. The van der Waals surface area contributed by atoms with Gasteiger partial charge in [-0.3, -0.25) is 9.78 Å². The molecule has 1 amide bonds. The average Bonchev–Trinajstić information content (AvgIpc) is 3.59. The summed E-state index contributed by atoms with van der Waals surface area (Å²) >= 11 is 1.13. The van der Waals surface area contributed by atoms with E-state index >= 15 is 0 Å². The Morgan fingerprint density at radius 1 is 1.11 bits per heavy atom. The molecular formula is C28H32N4O3S2. The van der Waals surface area contributed by atoms with Crippen LogP contribution < -0.4 is 10.0 Å². The highest BCUT2D eigenvalue weighted by Gasteiger charge is 2.41. The quantitative estimate of drug-likeness (QED) is 0.269. The summed E-state index contributed by atoms with van der Waals surface area (Å²) in [7, 11) is -3.92. The lowest BCUT2D eigenvalue weighted by atomic mass is 9.82. The Bertz CT molecular complexity index is 1450. The number of thiophene rings is 1. The highest BCUT2D eigenvalue weighted by molar-refractivity contribution is 7.91. The molecule has 1 fully saturated rings. The standard InChI is InChI=1S/C28H32N4O3S2/c1-28(32-37(34,35)25-15-9-17-36-25,18-21-19-30-23-13-6-5-12-22(21)23)27(33)31-26(20-10-3-2-4-11-20)24-14-7-8-16-29-24/h5-9,12-17,19-20,26,30,32H,2-4,10-11,18H2,1H3,(H,31,33). The number of rotatable bonds is 9. The van der Waals surface area contributed by atoms with Crippen LogP contribution in [0.1, 0.15) is 56.3 Å². The number of amides is 1. The van der Waals surface area contributed by atoms with Crippen LogP contribution in [-0.2, 0) is 21.2 Å². The Hall–Kier alpha value is -3.01. The summed E-state index contributed by atoms with van der Waals surface area (Å²) in [6.45, 7) is 1.67. The van der Waals surface area contributed by atoms with E-state index in [1.807, 2.05) is 48.7 Å². The Morgan fingerprint density at radius 3 is 2.62 bits per heavy atom. The number of carbonyl (C=O) groups is 1. The van der Waals surface area contributed by atoms with E-state index in [0.29, 0.717) is 0 Å². The van der Waals surface area contributed by atoms with Crippen molar-refractivity contribution < 1.29 is 13.2 Å². The van der Waals surface area contributed by atoms with Crippen LogP contribution >= 0.6 is 11.3 Å². The Morgan fingerprint density at radius 2 is 1.89 bits per heavy atom. The first kappa shape index (κ1) is 25.6. The highest BCUT2D eigenvalue weighted by Crippen LogP contribution is 2.35. The third-order valence-corrected chi connectivity index (χ3v) is 10.2. The summed E-state index contributed by atoms with van der Waals surface area (Å²) in [6.07, 6.45) is 9.20. The predicted octanol–water partition coefficient (Wildman–Crippen LogP) is 5.34. The molecular weight excluding hydrogens is 504 g/mol. The lowest BCUT2D eigenvalue weighted by Gasteiger charge is -2.35. The van der Waals surface area contributed by atoms with E-state index in [-0.39, 0.29) is 28.5 Å². The number of para-hydroxylation sites is 1. The lowest BCUT2D eigenvalue weighted by Crippen LogP contribution is -2.59. The first-order valence-electron chi connectivity index (χ1n) is 12.7. The molecule has 4 aromatic rings. The molecule has 2 unspecified atom stereocenters. The molecule has 9 heteroatoms. The number of aromatic amines is 1. The molecule has 7 nitrogen and oxygen atoms in total. The molecule has 1 aromatic carbocycles. The number of aromatic nitrogens is 2. The van der Waals surface area contributed by atoms with E-state index in [1.165, 1.54) is 6.42 Å². The van der Waals surface area contributed by atoms with Crippen molar-refractivity contribution in [2.45, 2.75) is 61.2 Å². The Balaban J connectivity index is 1.50. The number of nitrogens with one attached hydrogen (secondary N) is 3. The van der Waals surface area contributed by atoms with Gasteiger partial charge in [-0.2, -0.15) is 4.72 Å². The maximum atomic E-state index is 14.1. The van der Waals surface area contributed by atoms with Crippen LogP contribution in [0.15, 0.2) is 76.6 Å². The van der Waals surface area contributed by atoms with Crippen LogP contribution in [-0.4, -0.2) is 29.8 Å². The molecule has 0 aliphatic heterocycles. The molecule has 1 aliphatic carbocycles. The zero-order chi connectivity index (χ0) is 25.9. The van der Waals surface area contributed by atoms with Crippen molar-refractivity contribution in [3.8, 4) is 0 Å². The summed E-state index contributed by atoms with van der Waals surface area (Å²) in [5.74, 6) is -0.113. The van der Waals surface area contributed by atoms with Crippen LogP contribution in [0.25, 0.3) is 10.9 Å². The fourth-order valence-electron chi connectivity index (χ4n) is 5.35. The normalized spacial score (nSPS) is 17.3. The summed E-state index contributed by atoms with van der Waals surface area (Å²) in [5.41, 5.74) is 1.18. The molecule has 0 saturated heterocycles. The van der Waals surface area contributed by atoms with Crippen molar-refractivity contribution >= 4 is 38.2 Å². The van der Waals surface area contributed by atoms with E-state index < -0.39 is 15.6 Å². The van der Waals surface area contributed by atoms with Crippen molar-refractivity contribution in [3.05, 3.63) is 83.6 Å². The number of H-pyrrole nitrogens is 1. The molecule has 194 valence electrons. The van der Waals surface area contributed by atoms with Crippen molar-refractivity contribution in [2.75, 3.05) is 0 Å². The molecule has 3 N–H and O–H groups in total. The van der Waals surface area contributed by atoms with Gasteiger partial charge in [0.1, 0.15) is 9.75 Å². The van der Waals surface area contributed by atoms with Crippen LogP contribution in [0.3, 0.4) is 0 Å². The zero-order valence-electron chi connectivity index (χ0n) is 20.8. The molecule has 1 aliphatic rings. The second-order valence-corrected chi connectivity index (χ2v) is 12.9. The van der Waals surface area contributed by atoms with Crippen molar-refractivity contribution in [3.63, 3.8) is 0 Å². The fourth-order valence-corrected chi connectivity index (χ4v) is 7.71. The molecule has 1 saturated carbocycles. The van der Waals surface area contributed by atoms with Gasteiger partial charge in [-0.15, -0.1) is 11.3 Å². The Labute approximate surface area is 221 Å². The van der Waals surface area contributed by atoms with Crippen molar-refractivity contribution in [1.29, 1.82) is 0 Å². The third kappa shape index (κ3) is 5.63. The maximum absolute atomic E-state index is 14.1. The molecule has 0 radical (unpaired) electrons. The van der Waals surface area contributed by atoms with Crippen LogP contribution in [0.4, 0.5) is 0 Å². The second kappa shape index (κ2) is 10.8. The van der Waals surface area contributed by atoms with Gasteiger partial charge in [0.05, 0.1) is 11.7 Å². The minimum Gasteiger partial charge on any atom is -0.361 e. The van der Waals surface area contributed by atoms with Gasteiger partial charge in [0.25, 0.3) is 10.0 Å². The molecule has 0 bridgehead atoms. The van der Waals surface area contributed by atoms with E-state index in [2.05, 4.69) is 20.0 Å². The monoisotopic (exact) mass is 536 g/mol. The van der Waals surface area contributed by atoms with Crippen LogP contribution in [0.2, 0.25) is 0 Å². The van der Waals surface area contributed by atoms with Gasteiger partial charge >= 0.3 is 0 Å². The molecule has 3 heterocycles. The van der Waals surface area contributed by atoms with Gasteiger partial charge in [-0.25, -0.2) is 8.42 Å². The number of sulfonamides is 1. The van der Waals surface area contributed by atoms with E-state index in [4.69, 9.17) is 0 Å². The van der Waals surface area contributed by atoms with Gasteiger partial charge in [0, 0.05) is 29.7 Å². The van der Waals surface area contributed by atoms with Gasteiger partial charge in [0.15, 0.2) is 0 Å². The SMILES string of the molecule is CC(Cc1c[nH]c2ccccc12)(NS(=O)(=O)c1cccs1)C(=O)NC(c1ccccn1)C1CCCCC1. The summed E-state index contributed by atoms with van der Waals surface area (Å²) < 4.78 is 29.7. The van der Waals surface area contributed by atoms with Crippen LogP contribution in [0, 0.1) is 5.92 Å². The van der Waals surface area contributed by atoms with E-state index in [0.717, 1.165) is 59.2 Å². The van der Waals surface area contributed by atoms with Crippen molar-refractivity contribution in [1.82, 2.24) is 20.0 Å². The minimum atomic E-state index is -3.92. The van der Waals surface area contributed by atoms with Crippen LogP contribution in [0.5, 0.6) is 0 Å². The Kier molecular flexibility index (Phi) is 7.46. The number of carbonyl (C=O) groups excluding carboxylic acids is 1. The predicted molar refractivity (Wildman–Crippen MR) is 147 cm³/mol. The summed E-state index contributed by atoms with van der Waals surface area (Å²) in [5, 5.41) is 5.91. The lowest BCUT2D eigenvalue weighted by molar-refractivity contribution is -0.127. The minimum absolute atomic E-state index is 0.180. The highest BCUT2D eigenvalue weighted by atomic mass is 32.2. The topological polar surface area (TPSA) is 104 Å². The summed E-state index contributed by atoms with van der Waals surface area (Å²) in [6, 6.07) is 16.5. The van der Waals surface area contributed by atoms with Gasteiger partial charge < -0.3 is 10.3 Å². The van der Waals surface area contributed by atoms with Gasteiger partial charge in [-0.1, -0.05) is 49.6 Å². The molecule has 3 aromatic heterocycles. The first-order valence-corrected chi connectivity index (χ1v) is 15.1. The number of hydrogen-bond donors (Lipinski definition) is 3.